The van der Waals surface area contributed by atoms with Crippen LogP contribution in [0.1, 0.15) is 37.1 Å². The van der Waals surface area contributed by atoms with E-state index in [1.165, 1.54) is 6.20 Å². The Morgan fingerprint density at radius 3 is 3.00 bits per heavy atom. The first kappa shape index (κ1) is 9.21. The quantitative estimate of drug-likeness (QED) is 0.744. The summed E-state index contributed by atoms with van der Waals surface area (Å²) in [7, 11) is 0. The molecule has 2 N–H and O–H groups in total. The molecule has 1 aliphatic rings. The van der Waals surface area contributed by atoms with E-state index in [1.54, 1.807) is 6.33 Å². The molecule has 1 heterocycles. The predicted octanol–water partition coefficient (Wildman–Crippen LogP) is 0.726. The molecule has 0 aromatic carbocycles. The zero-order valence-electron chi connectivity index (χ0n) is 7.63. The molecule has 5 nitrogen and oxygen atoms in total. The van der Waals surface area contributed by atoms with Crippen LogP contribution in [-0.2, 0) is 4.79 Å². The van der Waals surface area contributed by atoms with Crippen LogP contribution < -0.4 is 0 Å². The molecule has 0 spiro atoms. The lowest BCUT2D eigenvalue weighted by Crippen LogP contribution is -2.10. The first-order valence-electron chi connectivity index (χ1n) is 4.60. The van der Waals surface area contributed by atoms with E-state index in [4.69, 9.17) is 5.11 Å². The molecule has 0 amide bonds. The highest BCUT2D eigenvalue weighted by Gasteiger charge is 2.27. The maximum atomic E-state index is 10.4. The third kappa shape index (κ3) is 1.77. The Morgan fingerprint density at radius 1 is 1.71 bits per heavy atom. The molecule has 0 radical (unpaired) electrons. The molecule has 5 heteroatoms. The van der Waals surface area contributed by atoms with Gasteiger partial charge in [0.15, 0.2) is 0 Å². The fourth-order valence-electron chi connectivity index (χ4n) is 1.50. The van der Waals surface area contributed by atoms with E-state index < -0.39 is 12.1 Å². The van der Waals surface area contributed by atoms with Gasteiger partial charge in [0.1, 0.15) is 6.10 Å². The SMILES string of the molecule is O=C(O)CC(O)c1cncn1C1CC1. The molecule has 1 unspecified atom stereocenters. The number of carbonyl (C=O) groups is 1. The molecule has 0 aliphatic heterocycles. The summed E-state index contributed by atoms with van der Waals surface area (Å²) in [4.78, 5) is 14.3. The van der Waals surface area contributed by atoms with Gasteiger partial charge in [-0.05, 0) is 12.8 Å². The molecular formula is C9H12N2O3. The third-order valence-electron chi connectivity index (χ3n) is 2.35. The zero-order valence-corrected chi connectivity index (χ0v) is 7.63. The fourth-order valence-corrected chi connectivity index (χ4v) is 1.50. The van der Waals surface area contributed by atoms with Gasteiger partial charge in [0.25, 0.3) is 0 Å². The minimum absolute atomic E-state index is 0.265. The van der Waals surface area contributed by atoms with E-state index in [0.29, 0.717) is 11.7 Å². The minimum Gasteiger partial charge on any atom is -0.481 e. The highest BCUT2D eigenvalue weighted by atomic mass is 16.4. The summed E-state index contributed by atoms with van der Waals surface area (Å²) in [5, 5.41) is 18.1. The van der Waals surface area contributed by atoms with Crippen molar-refractivity contribution in [1.82, 2.24) is 9.55 Å². The van der Waals surface area contributed by atoms with Crippen LogP contribution in [0.5, 0.6) is 0 Å². The second-order valence-electron chi connectivity index (χ2n) is 3.57. The predicted molar refractivity (Wildman–Crippen MR) is 47.7 cm³/mol. The van der Waals surface area contributed by atoms with Gasteiger partial charge in [-0.1, -0.05) is 0 Å². The van der Waals surface area contributed by atoms with Crippen LogP contribution in [0.25, 0.3) is 0 Å². The molecular weight excluding hydrogens is 184 g/mol. The van der Waals surface area contributed by atoms with Crippen LogP contribution in [0.3, 0.4) is 0 Å². The zero-order chi connectivity index (χ0) is 10.1. The van der Waals surface area contributed by atoms with Gasteiger partial charge in [-0.15, -0.1) is 0 Å². The molecule has 0 bridgehead atoms. The molecule has 76 valence electrons. The fraction of sp³-hybridized carbons (Fsp3) is 0.556. The maximum Gasteiger partial charge on any atom is 0.306 e. The number of nitrogens with zero attached hydrogens (tertiary/aromatic N) is 2. The maximum absolute atomic E-state index is 10.4. The Morgan fingerprint density at radius 2 is 2.43 bits per heavy atom. The molecule has 1 aromatic heterocycles. The Bertz CT molecular complexity index is 344. The van der Waals surface area contributed by atoms with Crippen LogP contribution in [0.4, 0.5) is 0 Å². The minimum atomic E-state index is -0.999. The normalized spacial score (nSPS) is 18.1. The van der Waals surface area contributed by atoms with E-state index in [2.05, 4.69) is 4.98 Å². The number of hydrogen-bond donors (Lipinski definition) is 2. The second kappa shape index (κ2) is 3.42. The molecule has 1 aliphatic carbocycles. The number of carboxylic acids is 1. The van der Waals surface area contributed by atoms with Crippen LogP contribution >= 0.6 is 0 Å². The lowest BCUT2D eigenvalue weighted by molar-refractivity contribution is -0.139. The van der Waals surface area contributed by atoms with E-state index in [9.17, 15) is 9.90 Å². The Balaban J connectivity index is 2.13. The smallest absolute Gasteiger partial charge is 0.306 e. The lowest BCUT2D eigenvalue weighted by Gasteiger charge is -2.10. The van der Waals surface area contributed by atoms with Crippen molar-refractivity contribution in [3.05, 3.63) is 18.2 Å². The number of imidazole rings is 1. The van der Waals surface area contributed by atoms with Crippen molar-refractivity contribution >= 4 is 5.97 Å². The second-order valence-corrected chi connectivity index (χ2v) is 3.57. The van der Waals surface area contributed by atoms with Crippen molar-refractivity contribution in [1.29, 1.82) is 0 Å². The standard InChI is InChI=1S/C9H12N2O3/c12-8(3-9(13)14)7-4-10-5-11(7)6-1-2-6/h4-6,8,12H,1-3H2,(H,13,14). The number of carboxylic acid groups (broad SMARTS) is 1. The number of rotatable bonds is 4. The van der Waals surface area contributed by atoms with Gasteiger partial charge in [-0.2, -0.15) is 0 Å². The largest absolute Gasteiger partial charge is 0.481 e. The number of aliphatic hydroxyl groups is 1. The average Bonchev–Trinajstić information content (AvgIpc) is 2.82. The number of aliphatic hydroxyl groups excluding tert-OH is 1. The van der Waals surface area contributed by atoms with Gasteiger partial charge >= 0.3 is 5.97 Å². The monoisotopic (exact) mass is 196 g/mol. The summed E-state index contributed by atoms with van der Waals surface area (Å²) < 4.78 is 1.87. The van der Waals surface area contributed by atoms with E-state index >= 15 is 0 Å². The van der Waals surface area contributed by atoms with E-state index in [-0.39, 0.29) is 6.42 Å². The molecule has 1 aromatic rings. The highest BCUT2D eigenvalue weighted by Crippen LogP contribution is 2.37. The Kier molecular flexibility index (Phi) is 2.25. The Labute approximate surface area is 81.0 Å². The Hall–Kier alpha value is -1.36. The van der Waals surface area contributed by atoms with Gasteiger partial charge < -0.3 is 14.8 Å². The van der Waals surface area contributed by atoms with Gasteiger partial charge in [0.05, 0.1) is 24.6 Å². The summed E-state index contributed by atoms with van der Waals surface area (Å²) in [6.45, 7) is 0. The van der Waals surface area contributed by atoms with Gasteiger partial charge in [0.2, 0.25) is 0 Å². The van der Waals surface area contributed by atoms with Gasteiger partial charge in [-0.3, -0.25) is 4.79 Å². The first-order valence-corrected chi connectivity index (χ1v) is 4.60. The van der Waals surface area contributed by atoms with Crippen LogP contribution in [0.15, 0.2) is 12.5 Å². The molecule has 0 saturated heterocycles. The summed E-state index contributed by atoms with van der Waals surface area (Å²) in [6.07, 6.45) is 4.14. The van der Waals surface area contributed by atoms with Crippen LogP contribution in [-0.4, -0.2) is 25.7 Å². The number of aromatic nitrogens is 2. The van der Waals surface area contributed by atoms with Crippen molar-refractivity contribution in [2.75, 3.05) is 0 Å². The first-order chi connectivity index (χ1) is 6.68. The molecule has 1 atom stereocenters. The van der Waals surface area contributed by atoms with Crippen molar-refractivity contribution in [3.63, 3.8) is 0 Å². The van der Waals surface area contributed by atoms with Crippen LogP contribution in [0.2, 0.25) is 0 Å². The molecule has 1 saturated carbocycles. The van der Waals surface area contributed by atoms with Gasteiger partial charge in [-0.25, -0.2) is 4.98 Å². The number of hydrogen-bond acceptors (Lipinski definition) is 3. The summed E-state index contributed by atoms with van der Waals surface area (Å²) in [6, 6.07) is 0.413. The van der Waals surface area contributed by atoms with Crippen molar-refractivity contribution in [2.45, 2.75) is 31.4 Å². The third-order valence-corrected chi connectivity index (χ3v) is 2.35. The summed E-state index contributed by atoms with van der Waals surface area (Å²) >= 11 is 0. The van der Waals surface area contributed by atoms with Crippen molar-refractivity contribution in [3.8, 4) is 0 Å². The molecule has 2 rings (SSSR count). The van der Waals surface area contributed by atoms with Crippen molar-refractivity contribution < 1.29 is 15.0 Å². The molecule has 1 fully saturated rings. The number of aliphatic carboxylic acids is 1. The lowest BCUT2D eigenvalue weighted by atomic mass is 10.2. The average molecular weight is 196 g/mol. The highest BCUT2D eigenvalue weighted by molar-refractivity contribution is 5.67. The van der Waals surface area contributed by atoms with Crippen LogP contribution in [0, 0.1) is 0 Å². The summed E-state index contributed by atoms with van der Waals surface area (Å²) in [5.41, 5.74) is 0.606. The van der Waals surface area contributed by atoms with Crippen molar-refractivity contribution in [2.24, 2.45) is 0 Å². The molecule has 14 heavy (non-hydrogen) atoms. The topological polar surface area (TPSA) is 75.3 Å². The summed E-state index contributed by atoms with van der Waals surface area (Å²) in [5.74, 6) is -0.999. The van der Waals surface area contributed by atoms with E-state index in [1.807, 2.05) is 4.57 Å². The van der Waals surface area contributed by atoms with E-state index in [0.717, 1.165) is 12.8 Å². The van der Waals surface area contributed by atoms with Gasteiger partial charge in [0, 0.05) is 6.04 Å².